The highest BCUT2D eigenvalue weighted by Crippen LogP contribution is 2.28. The number of nitrogens with one attached hydrogen (secondary N) is 1. The van der Waals surface area contributed by atoms with Crippen LogP contribution in [0.1, 0.15) is 48.2 Å². The first-order valence-corrected chi connectivity index (χ1v) is 13.2. The van der Waals surface area contributed by atoms with Gasteiger partial charge >= 0.3 is 0 Å². The molecular formula is C22H30N4O3S2. The Morgan fingerprint density at radius 1 is 1.10 bits per heavy atom. The van der Waals surface area contributed by atoms with Crippen molar-refractivity contribution < 1.29 is 13.2 Å². The molecular weight excluding hydrogens is 432 g/mol. The maximum atomic E-state index is 12.9. The number of benzene rings is 1. The number of hydrogen-bond acceptors (Lipinski definition) is 6. The third kappa shape index (κ3) is 5.52. The average molecular weight is 463 g/mol. The Bertz CT molecular complexity index is 1010. The lowest BCUT2D eigenvalue weighted by molar-refractivity contribution is -0.116. The van der Waals surface area contributed by atoms with Gasteiger partial charge in [0.1, 0.15) is 0 Å². The molecule has 2 aromatic rings. The van der Waals surface area contributed by atoms with E-state index in [1.54, 1.807) is 27.8 Å². The first kappa shape index (κ1) is 22.4. The van der Waals surface area contributed by atoms with Gasteiger partial charge in [0.2, 0.25) is 15.9 Å². The molecule has 0 aliphatic carbocycles. The highest BCUT2D eigenvalue weighted by atomic mass is 32.2. The van der Waals surface area contributed by atoms with Crippen LogP contribution in [0.25, 0.3) is 0 Å². The quantitative estimate of drug-likeness (QED) is 0.712. The summed E-state index contributed by atoms with van der Waals surface area (Å²) in [5.41, 5.74) is 2.05. The SMILES string of the molecule is CN1CCc2nc(NC(=O)CCc3ccc(S(=O)(=O)N4CCCCCC4)cc3)sc2C1. The lowest BCUT2D eigenvalue weighted by Gasteiger charge is -2.20. The van der Waals surface area contributed by atoms with E-state index in [4.69, 9.17) is 0 Å². The first-order chi connectivity index (χ1) is 14.9. The van der Waals surface area contributed by atoms with Gasteiger partial charge in [-0.05, 0) is 44.0 Å². The molecule has 7 nitrogen and oxygen atoms in total. The summed E-state index contributed by atoms with van der Waals surface area (Å²) >= 11 is 1.55. The number of likely N-dealkylation sites (N-methyl/N-ethyl adjacent to an activating group) is 1. The third-order valence-corrected chi connectivity index (χ3v) is 8.85. The number of carbonyl (C=O) groups is 1. The Hall–Kier alpha value is -1.81. The maximum absolute atomic E-state index is 12.9. The zero-order valence-electron chi connectivity index (χ0n) is 18.0. The predicted molar refractivity (Wildman–Crippen MR) is 123 cm³/mol. The van der Waals surface area contributed by atoms with Gasteiger partial charge in [-0.15, -0.1) is 11.3 Å². The normalized spacial score (nSPS) is 18.4. The zero-order valence-corrected chi connectivity index (χ0v) is 19.6. The molecule has 168 valence electrons. The molecule has 1 N–H and O–H groups in total. The molecule has 1 fully saturated rings. The third-order valence-electron chi connectivity index (χ3n) is 5.94. The van der Waals surface area contributed by atoms with Crippen molar-refractivity contribution in [3.8, 4) is 0 Å². The molecule has 0 atom stereocenters. The monoisotopic (exact) mass is 462 g/mol. The molecule has 9 heteroatoms. The van der Waals surface area contributed by atoms with Crippen LogP contribution in [-0.4, -0.2) is 55.2 Å². The molecule has 4 rings (SSSR count). The molecule has 1 aromatic carbocycles. The second-order valence-electron chi connectivity index (χ2n) is 8.39. The molecule has 1 amide bonds. The zero-order chi connectivity index (χ0) is 21.8. The molecule has 31 heavy (non-hydrogen) atoms. The number of carbonyl (C=O) groups excluding carboxylic acids is 1. The van der Waals surface area contributed by atoms with Crippen LogP contribution in [0.3, 0.4) is 0 Å². The number of aryl methyl sites for hydroxylation is 1. The fourth-order valence-corrected chi connectivity index (χ4v) is 6.70. The summed E-state index contributed by atoms with van der Waals surface area (Å²) in [5.74, 6) is -0.0688. The fraction of sp³-hybridized carbons (Fsp3) is 0.545. The smallest absolute Gasteiger partial charge is 0.243 e. The second-order valence-corrected chi connectivity index (χ2v) is 11.4. The topological polar surface area (TPSA) is 82.6 Å². The van der Waals surface area contributed by atoms with Crippen LogP contribution < -0.4 is 5.32 Å². The van der Waals surface area contributed by atoms with Gasteiger partial charge in [-0.3, -0.25) is 4.79 Å². The van der Waals surface area contributed by atoms with Gasteiger partial charge in [-0.1, -0.05) is 25.0 Å². The van der Waals surface area contributed by atoms with Gasteiger partial charge in [0.25, 0.3) is 0 Å². The Balaban J connectivity index is 1.31. The molecule has 2 aliphatic rings. The molecule has 0 radical (unpaired) electrons. The van der Waals surface area contributed by atoms with E-state index in [0.717, 1.165) is 56.5 Å². The first-order valence-electron chi connectivity index (χ1n) is 11.0. The predicted octanol–water partition coefficient (Wildman–Crippen LogP) is 3.27. The summed E-state index contributed by atoms with van der Waals surface area (Å²) in [6.07, 6.45) is 5.84. The van der Waals surface area contributed by atoms with E-state index >= 15 is 0 Å². The lowest BCUT2D eigenvalue weighted by atomic mass is 10.1. The summed E-state index contributed by atoms with van der Waals surface area (Å²) in [6.45, 7) is 3.07. The number of fused-ring (bicyclic) bond motifs is 1. The van der Waals surface area contributed by atoms with Gasteiger partial charge in [0, 0.05) is 43.9 Å². The number of thiazole rings is 1. The fourth-order valence-electron chi connectivity index (χ4n) is 4.08. The van der Waals surface area contributed by atoms with Crippen molar-refractivity contribution >= 4 is 32.4 Å². The van der Waals surface area contributed by atoms with Gasteiger partial charge in [0.05, 0.1) is 10.6 Å². The van der Waals surface area contributed by atoms with Crippen molar-refractivity contribution in [2.75, 3.05) is 32.0 Å². The van der Waals surface area contributed by atoms with Crippen molar-refractivity contribution in [1.29, 1.82) is 0 Å². The molecule has 0 saturated carbocycles. The summed E-state index contributed by atoms with van der Waals surface area (Å²) in [4.78, 5) is 20.7. The minimum absolute atomic E-state index is 0.0688. The number of hydrogen-bond donors (Lipinski definition) is 1. The van der Waals surface area contributed by atoms with Crippen molar-refractivity contribution in [1.82, 2.24) is 14.2 Å². The number of aromatic nitrogens is 1. The van der Waals surface area contributed by atoms with E-state index in [-0.39, 0.29) is 5.91 Å². The van der Waals surface area contributed by atoms with Crippen LogP contribution >= 0.6 is 11.3 Å². The number of rotatable bonds is 6. The Kier molecular flexibility index (Phi) is 7.05. The number of sulfonamides is 1. The molecule has 2 aliphatic heterocycles. The van der Waals surface area contributed by atoms with Crippen LogP contribution in [0.5, 0.6) is 0 Å². The van der Waals surface area contributed by atoms with Crippen LogP contribution in [0, 0.1) is 0 Å². The Morgan fingerprint density at radius 2 is 1.81 bits per heavy atom. The Labute approximate surface area is 188 Å². The number of amides is 1. The standard InChI is InChI=1S/C22H30N4O3S2/c1-25-15-12-19-20(16-25)30-22(23-19)24-21(27)11-8-17-6-9-18(10-7-17)31(28,29)26-13-4-2-3-5-14-26/h6-7,9-10H,2-5,8,11-16H2,1H3,(H,23,24,27). The molecule has 1 saturated heterocycles. The minimum atomic E-state index is -3.44. The molecule has 3 heterocycles. The maximum Gasteiger partial charge on any atom is 0.243 e. The van der Waals surface area contributed by atoms with Crippen LogP contribution in [0.4, 0.5) is 5.13 Å². The summed E-state index contributed by atoms with van der Waals surface area (Å²) in [5, 5.41) is 3.59. The Morgan fingerprint density at radius 3 is 2.52 bits per heavy atom. The summed E-state index contributed by atoms with van der Waals surface area (Å²) < 4.78 is 27.4. The van der Waals surface area contributed by atoms with Crippen molar-refractivity contribution in [3.05, 3.63) is 40.4 Å². The van der Waals surface area contributed by atoms with Crippen LogP contribution in [0.15, 0.2) is 29.2 Å². The number of anilines is 1. The molecule has 1 aromatic heterocycles. The van der Waals surface area contributed by atoms with E-state index in [0.29, 0.717) is 36.0 Å². The van der Waals surface area contributed by atoms with E-state index < -0.39 is 10.0 Å². The molecule has 0 unspecified atom stereocenters. The highest BCUT2D eigenvalue weighted by Gasteiger charge is 2.25. The largest absolute Gasteiger partial charge is 0.302 e. The van der Waals surface area contributed by atoms with Gasteiger partial charge < -0.3 is 10.2 Å². The molecule has 0 spiro atoms. The lowest BCUT2D eigenvalue weighted by Crippen LogP contribution is -2.31. The van der Waals surface area contributed by atoms with Crippen molar-refractivity contribution in [2.24, 2.45) is 0 Å². The van der Waals surface area contributed by atoms with Crippen LogP contribution in [0.2, 0.25) is 0 Å². The minimum Gasteiger partial charge on any atom is -0.302 e. The van der Waals surface area contributed by atoms with Gasteiger partial charge in [0.15, 0.2) is 5.13 Å². The highest BCUT2D eigenvalue weighted by molar-refractivity contribution is 7.89. The second kappa shape index (κ2) is 9.77. The van der Waals surface area contributed by atoms with Crippen LogP contribution in [-0.2, 0) is 34.2 Å². The van der Waals surface area contributed by atoms with E-state index in [1.165, 1.54) is 4.88 Å². The molecule has 0 bridgehead atoms. The van der Waals surface area contributed by atoms with E-state index in [9.17, 15) is 13.2 Å². The average Bonchev–Trinajstić information content (AvgIpc) is 2.95. The van der Waals surface area contributed by atoms with Crippen molar-refractivity contribution in [3.63, 3.8) is 0 Å². The van der Waals surface area contributed by atoms with Gasteiger partial charge in [-0.25, -0.2) is 13.4 Å². The summed E-state index contributed by atoms with van der Waals surface area (Å²) in [6, 6.07) is 6.96. The number of nitrogens with zero attached hydrogens (tertiary/aromatic N) is 3. The summed E-state index contributed by atoms with van der Waals surface area (Å²) in [7, 11) is -1.35. The van der Waals surface area contributed by atoms with Gasteiger partial charge in [-0.2, -0.15) is 4.31 Å². The van der Waals surface area contributed by atoms with Crippen molar-refractivity contribution in [2.45, 2.75) is 56.4 Å². The van der Waals surface area contributed by atoms with E-state index in [1.807, 2.05) is 12.1 Å². The van der Waals surface area contributed by atoms with E-state index in [2.05, 4.69) is 22.2 Å².